The highest BCUT2D eigenvalue weighted by atomic mass is 35.5. The largest absolute Gasteiger partial charge is 0.248 e. The summed E-state index contributed by atoms with van der Waals surface area (Å²) in [5.41, 5.74) is 3.94. The lowest BCUT2D eigenvalue weighted by Crippen LogP contribution is -1.87. The van der Waals surface area contributed by atoms with Crippen molar-refractivity contribution in [3.63, 3.8) is 0 Å². The second kappa shape index (κ2) is 5.66. The van der Waals surface area contributed by atoms with E-state index in [1.807, 2.05) is 66.7 Å². The molecular weight excluding hydrogens is 289 g/mol. The van der Waals surface area contributed by atoms with Crippen molar-refractivity contribution in [1.82, 2.24) is 4.98 Å². The third kappa shape index (κ3) is 2.84. The Bertz CT molecular complexity index is 658. The third-order valence-electron chi connectivity index (χ3n) is 3.03. The van der Waals surface area contributed by atoms with Crippen LogP contribution in [0.2, 0.25) is 10.0 Å². The third-order valence-corrected chi connectivity index (χ3v) is 3.53. The minimum atomic E-state index is 0.725. The van der Waals surface area contributed by atoms with Gasteiger partial charge in [0, 0.05) is 21.2 Å². The van der Waals surface area contributed by atoms with Crippen LogP contribution in [0.25, 0.3) is 22.5 Å². The monoisotopic (exact) mass is 299 g/mol. The van der Waals surface area contributed by atoms with E-state index in [2.05, 4.69) is 4.98 Å². The molecule has 3 heteroatoms. The number of hydrogen-bond acceptors (Lipinski definition) is 1. The van der Waals surface area contributed by atoms with Crippen LogP contribution in [0, 0.1) is 0 Å². The van der Waals surface area contributed by atoms with Crippen LogP contribution in [0.1, 0.15) is 0 Å². The molecule has 1 nitrogen and oxygen atoms in total. The number of pyridine rings is 1. The average molecular weight is 300 g/mol. The minimum Gasteiger partial charge on any atom is -0.248 e. The van der Waals surface area contributed by atoms with E-state index in [-0.39, 0.29) is 0 Å². The van der Waals surface area contributed by atoms with Gasteiger partial charge in [-0.15, -0.1) is 0 Å². The van der Waals surface area contributed by atoms with Crippen molar-refractivity contribution in [3.8, 4) is 22.5 Å². The predicted molar refractivity (Wildman–Crippen MR) is 85.1 cm³/mol. The maximum Gasteiger partial charge on any atom is 0.0709 e. The maximum atomic E-state index is 5.91. The van der Waals surface area contributed by atoms with Crippen molar-refractivity contribution in [1.29, 1.82) is 0 Å². The zero-order valence-electron chi connectivity index (χ0n) is 10.6. The Morgan fingerprint density at radius 3 is 1.35 bits per heavy atom. The summed E-state index contributed by atoms with van der Waals surface area (Å²) in [5, 5.41) is 1.45. The lowest BCUT2D eigenvalue weighted by molar-refractivity contribution is 1.32. The van der Waals surface area contributed by atoms with Crippen LogP contribution in [0.5, 0.6) is 0 Å². The van der Waals surface area contributed by atoms with Gasteiger partial charge in [0.25, 0.3) is 0 Å². The van der Waals surface area contributed by atoms with Gasteiger partial charge in [0.2, 0.25) is 0 Å². The topological polar surface area (TPSA) is 12.9 Å². The molecule has 98 valence electrons. The summed E-state index contributed by atoms with van der Waals surface area (Å²) in [5.74, 6) is 0. The molecule has 0 atom stereocenters. The van der Waals surface area contributed by atoms with Gasteiger partial charge in [-0.3, -0.25) is 0 Å². The molecule has 0 unspecified atom stereocenters. The Hall–Kier alpha value is -1.83. The Morgan fingerprint density at radius 1 is 0.550 bits per heavy atom. The fraction of sp³-hybridized carbons (Fsp3) is 0. The van der Waals surface area contributed by atoms with Crippen LogP contribution in [0.15, 0.2) is 66.7 Å². The molecule has 0 N–H and O–H groups in total. The Balaban J connectivity index is 2.01. The molecule has 20 heavy (non-hydrogen) atoms. The fourth-order valence-corrected chi connectivity index (χ4v) is 2.25. The van der Waals surface area contributed by atoms with Crippen molar-refractivity contribution in [3.05, 3.63) is 76.8 Å². The molecule has 0 saturated carbocycles. The van der Waals surface area contributed by atoms with Crippen LogP contribution in [0.4, 0.5) is 0 Å². The summed E-state index contributed by atoms with van der Waals surface area (Å²) in [6.07, 6.45) is 0. The number of rotatable bonds is 2. The lowest BCUT2D eigenvalue weighted by atomic mass is 10.1. The smallest absolute Gasteiger partial charge is 0.0709 e. The highest BCUT2D eigenvalue weighted by Gasteiger charge is 2.03. The van der Waals surface area contributed by atoms with E-state index in [0.717, 1.165) is 32.6 Å². The molecule has 2 aromatic carbocycles. The lowest BCUT2D eigenvalue weighted by Gasteiger charge is -2.05. The number of benzene rings is 2. The molecule has 0 bridgehead atoms. The Morgan fingerprint density at radius 2 is 0.950 bits per heavy atom. The molecule has 0 amide bonds. The number of aromatic nitrogens is 1. The van der Waals surface area contributed by atoms with Gasteiger partial charge in [-0.05, 0) is 36.4 Å². The summed E-state index contributed by atoms with van der Waals surface area (Å²) in [6.45, 7) is 0. The zero-order valence-corrected chi connectivity index (χ0v) is 12.1. The highest BCUT2D eigenvalue weighted by Crippen LogP contribution is 2.24. The summed E-state index contributed by atoms with van der Waals surface area (Å²) < 4.78 is 0. The first-order valence-electron chi connectivity index (χ1n) is 6.21. The van der Waals surface area contributed by atoms with E-state index in [9.17, 15) is 0 Å². The van der Waals surface area contributed by atoms with Crippen molar-refractivity contribution >= 4 is 23.2 Å². The van der Waals surface area contributed by atoms with Crippen molar-refractivity contribution in [2.45, 2.75) is 0 Å². The molecule has 0 fully saturated rings. The summed E-state index contributed by atoms with van der Waals surface area (Å²) in [6, 6.07) is 21.3. The highest BCUT2D eigenvalue weighted by molar-refractivity contribution is 6.30. The minimum absolute atomic E-state index is 0.725. The van der Waals surface area contributed by atoms with Gasteiger partial charge in [-0.25, -0.2) is 4.98 Å². The molecule has 0 aliphatic rings. The molecule has 0 saturated heterocycles. The molecule has 0 spiro atoms. The second-order valence-electron chi connectivity index (χ2n) is 4.42. The van der Waals surface area contributed by atoms with Crippen LogP contribution < -0.4 is 0 Å². The Kier molecular flexibility index (Phi) is 3.72. The quantitative estimate of drug-likeness (QED) is 0.589. The van der Waals surface area contributed by atoms with Crippen molar-refractivity contribution in [2.24, 2.45) is 0 Å². The first kappa shape index (κ1) is 13.2. The second-order valence-corrected chi connectivity index (χ2v) is 5.29. The summed E-state index contributed by atoms with van der Waals surface area (Å²) in [7, 11) is 0. The first-order valence-corrected chi connectivity index (χ1v) is 6.97. The number of halogens is 2. The van der Waals surface area contributed by atoms with Crippen molar-refractivity contribution in [2.75, 3.05) is 0 Å². The molecule has 0 aliphatic carbocycles. The van der Waals surface area contributed by atoms with E-state index in [0.29, 0.717) is 0 Å². The van der Waals surface area contributed by atoms with Crippen LogP contribution in [-0.4, -0.2) is 4.98 Å². The zero-order chi connectivity index (χ0) is 13.9. The van der Waals surface area contributed by atoms with E-state index >= 15 is 0 Å². The number of hydrogen-bond donors (Lipinski definition) is 0. The van der Waals surface area contributed by atoms with Gasteiger partial charge in [-0.1, -0.05) is 53.5 Å². The molecule has 1 aromatic heterocycles. The molecule has 1 heterocycles. The van der Waals surface area contributed by atoms with Crippen molar-refractivity contribution < 1.29 is 0 Å². The predicted octanol–water partition coefficient (Wildman–Crippen LogP) is 5.72. The Labute approximate surface area is 127 Å². The maximum absolute atomic E-state index is 5.91. The number of nitrogens with zero attached hydrogens (tertiary/aromatic N) is 1. The summed E-state index contributed by atoms with van der Waals surface area (Å²) >= 11 is 11.8. The van der Waals surface area contributed by atoms with Crippen LogP contribution in [-0.2, 0) is 0 Å². The van der Waals surface area contributed by atoms with Gasteiger partial charge >= 0.3 is 0 Å². The average Bonchev–Trinajstić information content (AvgIpc) is 2.49. The SMILES string of the molecule is Clc1ccc(-c2cccc(-c3ccc(Cl)cc3)n2)cc1. The van der Waals surface area contributed by atoms with Crippen LogP contribution in [0.3, 0.4) is 0 Å². The fourth-order valence-electron chi connectivity index (χ4n) is 2.00. The first-order chi connectivity index (χ1) is 9.72. The summed E-state index contributed by atoms with van der Waals surface area (Å²) in [4.78, 5) is 4.69. The molecule has 0 aliphatic heterocycles. The van der Waals surface area contributed by atoms with E-state index < -0.39 is 0 Å². The molecule has 3 rings (SSSR count). The van der Waals surface area contributed by atoms with Gasteiger partial charge < -0.3 is 0 Å². The normalized spacial score (nSPS) is 10.5. The molecular formula is C17H11Cl2N. The van der Waals surface area contributed by atoms with E-state index in [1.165, 1.54) is 0 Å². The molecule has 3 aromatic rings. The molecule has 0 radical (unpaired) electrons. The van der Waals surface area contributed by atoms with Gasteiger partial charge in [0.15, 0.2) is 0 Å². The standard InChI is InChI=1S/C17H11Cl2N/c18-14-8-4-12(5-9-14)16-2-1-3-17(20-16)13-6-10-15(19)11-7-13/h1-11H. The van der Waals surface area contributed by atoms with E-state index in [1.54, 1.807) is 0 Å². The van der Waals surface area contributed by atoms with Gasteiger partial charge in [0.05, 0.1) is 11.4 Å². The van der Waals surface area contributed by atoms with Gasteiger partial charge in [0.1, 0.15) is 0 Å². The van der Waals surface area contributed by atoms with Gasteiger partial charge in [-0.2, -0.15) is 0 Å². The van der Waals surface area contributed by atoms with Crippen LogP contribution >= 0.6 is 23.2 Å². The van der Waals surface area contributed by atoms with E-state index in [4.69, 9.17) is 23.2 Å².